The van der Waals surface area contributed by atoms with Crippen molar-refractivity contribution in [2.45, 2.75) is 25.6 Å². The molecule has 0 saturated heterocycles. The van der Waals surface area contributed by atoms with Crippen LogP contribution in [0.1, 0.15) is 29.7 Å². The highest BCUT2D eigenvalue weighted by molar-refractivity contribution is 5.89. The molecule has 144 valence electrons. The van der Waals surface area contributed by atoms with Gasteiger partial charge in [-0.3, -0.25) is 5.32 Å². The number of nitrogen functional groups attached to an aromatic ring is 1. The highest BCUT2D eigenvalue weighted by Gasteiger charge is 2.33. The van der Waals surface area contributed by atoms with Gasteiger partial charge in [0, 0.05) is 11.3 Å². The molecule has 1 aliphatic heterocycles. The summed E-state index contributed by atoms with van der Waals surface area (Å²) in [6.45, 7) is 1.77. The third kappa shape index (κ3) is 3.76. The number of nitrogens with two attached hydrogens (primary N) is 1. The van der Waals surface area contributed by atoms with Gasteiger partial charge in [-0.1, -0.05) is 12.1 Å². The van der Waals surface area contributed by atoms with E-state index in [-0.39, 0.29) is 23.5 Å². The number of fused-ring (bicyclic) bond motifs is 1. The van der Waals surface area contributed by atoms with Crippen LogP contribution in [0.25, 0.3) is 0 Å². The molecule has 0 radical (unpaired) electrons. The lowest BCUT2D eigenvalue weighted by Crippen LogP contribution is -2.16. The van der Waals surface area contributed by atoms with Gasteiger partial charge in [-0.05, 0) is 37.1 Å². The van der Waals surface area contributed by atoms with Crippen LogP contribution in [-0.4, -0.2) is 12.7 Å². The smallest absolute Gasteiger partial charge is 0.416 e. The standard InChI is InChI=1S/C18H17F4N3O2/c1-2-27-17(26)25-12-6-5-11(15(19)16(12)23)14-7-9-3-4-10(18(20,21)22)8-13(9)24-14/h3-6,8,14,24H,2,7,23H2,1H3,(H,25,26). The van der Waals surface area contributed by atoms with Crippen molar-refractivity contribution in [2.75, 3.05) is 23.0 Å². The fraction of sp³-hybridized carbons (Fsp3) is 0.278. The number of alkyl halides is 3. The van der Waals surface area contributed by atoms with Crippen molar-refractivity contribution in [3.8, 4) is 0 Å². The van der Waals surface area contributed by atoms with Crippen molar-refractivity contribution in [2.24, 2.45) is 0 Å². The Hall–Kier alpha value is -2.97. The van der Waals surface area contributed by atoms with Gasteiger partial charge < -0.3 is 15.8 Å². The molecule has 2 aromatic rings. The van der Waals surface area contributed by atoms with Gasteiger partial charge in [0.25, 0.3) is 0 Å². The van der Waals surface area contributed by atoms with E-state index < -0.39 is 29.7 Å². The van der Waals surface area contributed by atoms with E-state index in [0.29, 0.717) is 17.7 Å². The molecule has 0 aliphatic carbocycles. The van der Waals surface area contributed by atoms with E-state index in [2.05, 4.69) is 10.6 Å². The molecular weight excluding hydrogens is 366 g/mol. The number of ether oxygens (including phenoxy) is 1. The van der Waals surface area contributed by atoms with Crippen LogP contribution in [-0.2, 0) is 17.3 Å². The number of carbonyl (C=O) groups is 1. The Balaban J connectivity index is 1.83. The average molecular weight is 383 g/mol. The van der Waals surface area contributed by atoms with Crippen molar-refractivity contribution < 1.29 is 27.1 Å². The van der Waals surface area contributed by atoms with Crippen molar-refractivity contribution in [3.63, 3.8) is 0 Å². The Bertz CT molecular complexity index is 884. The fourth-order valence-corrected chi connectivity index (χ4v) is 2.98. The Morgan fingerprint density at radius 1 is 1.33 bits per heavy atom. The zero-order valence-electron chi connectivity index (χ0n) is 14.3. The average Bonchev–Trinajstić information content (AvgIpc) is 3.01. The minimum absolute atomic E-state index is 0.0598. The number of anilines is 3. The highest BCUT2D eigenvalue weighted by atomic mass is 19.4. The summed E-state index contributed by atoms with van der Waals surface area (Å²) < 4.78 is 58.0. The van der Waals surface area contributed by atoms with Gasteiger partial charge >= 0.3 is 12.3 Å². The summed E-state index contributed by atoms with van der Waals surface area (Å²) in [5.74, 6) is -0.745. The molecule has 0 saturated carbocycles. The van der Waals surface area contributed by atoms with Gasteiger partial charge in [0.1, 0.15) is 0 Å². The summed E-state index contributed by atoms with van der Waals surface area (Å²) in [5, 5.41) is 5.24. The Morgan fingerprint density at radius 3 is 2.74 bits per heavy atom. The maximum absolute atomic E-state index is 14.7. The predicted molar refractivity (Wildman–Crippen MR) is 93.0 cm³/mol. The molecule has 4 N–H and O–H groups in total. The van der Waals surface area contributed by atoms with Crippen LogP contribution < -0.4 is 16.4 Å². The second kappa shape index (κ2) is 6.98. The van der Waals surface area contributed by atoms with Crippen molar-refractivity contribution >= 4 is 23.2 Å². The molecule has 1 atom stereocenters. The van der Waals surface area contributed by atoms with E-state index in [0.717, 1.165) is 12.1 Å². The molecule has 0 fully saturated rings. The minimum Gasteiger partial charge on any atom is -0.450 e. The van der Waals surface area contributed by atoms with Crippen molar-refractivity contribution in [1.82, 2.24) is 0 Å². The number of rotatable bonds is 3. The Labute approximate surface area is 152 Å². The molecule has 1 heterocycles. The van der Waals surface area contributed by atoms with E-state index in [1.807, 2.05) is 0 Å². The number of carbonyl (C=O) groups excluding carboxylic acids is 1. The van der Waals surface area contributed by atoms with E-state index in [9.17, 15) is 22.4 Å². The van der Waals surface area contributed by atoms with Crippen LogP contribution in [0.15, 0.2) is 30.3 Å². The second-order valence-corrected chi connectivity index (χ2v) is 6.05. The third-order valence-electron chi connectivity index (χ3n) is 4.29. The molecule has 1 unspecified atom stereocenters. The van der Waals surface area contributed by atoms with Gasteiger partial charge in [0.05, 0.1) is 29.6 Å². The van der Waals surface area contributed by atoms with Gasteiger partial charge in [0.2, 0.25) is 0 Å². The number of halogens is 4. The molecule has 1 aliphatic rings. The first kappa shape index (κ1) is 18.8. The quantitative estimate of drug-likeness (QED) is 0.530. The summed E-state index contributed by atoms with van der Waals surface area (Å²) in [7, 11) is 0. The Kier molecular flexibility index (Phi) is 4.86. The molecule has 3 rings (SSSR count). The second-order valence-electron chi connectivity index (χ2n) is 6.05. The molecule has 27 heavy (non-hydrogen) atoms. The monoisotopic (exact) mass is 383 g/mol. The first-order valence-corrected chi connectivity index (χ1v) is 8.19. The van der Waals surface area contributed by atoms with Crippen LogP contribution in [0.2, 0.25) is 0 Å². The molecule has 0 aromatic heterocycles. The SMILES string of the molecule is CCOC(=O)Nc1ccc(C2Cc3ccc(C(F)(F)F)cc3N2)c(F)c1N. The number of benzene rings is 2. The zero-order valence-corrected chi connectivity index (χ0v) is 14.3. The number of nitrogens with one attached hydrogen (secondary N) is 2. The largest absolute Gasteiger partial charge is 0.450 e. The predicted octanol–water partition coefficient (Wildman–Crippen LogP) is 4.70. The minimum atomic E-state index is -4.45. The lowest BCUT2D eigenvalue weighted by molar-refractivity contribution is -0.137. The Morgan fingerprint density at radius 2 is 2.07 bits per heavy atom. The van der Waals surface area contributed by atoms with E-state index in [4.69, 9.17) is 10.5 Å². The van der Waals surface area contributed by atoms with Crippen molar-refractivity contribution in [1.29, 1.82) is 0 Å². The van der Waals surface area contributed by atoms with E-state index in [1.54, 1.807) is 6.92 Å². The van der Waals surface area contributed by atoms with Crippen LogP contribution in [0.4, 0.5) is 39.4 Å². The fourth-order valence-electron chi connectivity index (χ4n) is 2.98. The van der Waals surface area contributed by atoms with Crippen LogP contribution in [0.3, 0.4) is 0 Å². The van der Waals surface area contributed by atoms with E-state index >= 15 is 0 Å². The zero-order chi connectivity index (χ0) is 19.8. The highest BCUT2D eigenvalue weighted by Crippen LogP contribution is 2.40. The lowest BCUT2D eigenvalue weighted by Gasteiger charge is -2.16. The summed E-state index contributed by atoms with van der Waals surface area (Å²) in [6.07, 6.45) is -4.90. The number of hydrogen-bond donors (Lipinski definition) is 3. The summed E-state index contributed by atoms with van der Waals surface area (Å²) >= 11 is 0. The van der Waals surface area contributed by atoms with Crippen LogP contribution >= 0.6 is 0 Å². The topological polar surface area (TPSA) is 76.4 Å². The molecule has 0 spiro atoms. The normalized spacial score (nSPS) is 15.8. The van der Waals surface area contributed by atoms with Gasteiger partial charge in [-0.2, -0.15) is 13.2 Å². The first-order chi connectivity index (χ1) is 12.7. The van der Waals surface area contributed by atoms with Gasteiger partial charge in [-0.25, -0.2) is 9.18 Å². The molecule has 0 bridgehead atoms. The summed E-state index contributed by atoms with van der Waals surface area (Å²) in [4.78, 5) is 11.5. The third-order valence-corrected chi connectivity index (χ3v) is 4.29. The van der Waals surface area contributed by atoms with Gasteiger partial charge in [0.15, 0.2) is 5.82 Å². The molecule has 9 heteroatoms. The summed E-state index contributed by atoms with van der Waals surface area (Å²) in [5.41, 5.74) is 5.94. The molecule has 1 amide bonds. The first-order valence-electron chi connectivity index (χ1n) is 8.19. The summed E-state index contributed by atoms with van der Waals surface area (Å²) in [6, 6.07) is 5.68. The van der Waals surface area contributed by atoms with Crippen LogP contribution in [0, 0.1) is 5.82 Å². The maximum atomic E-state index is 14.7. The maximum Gasteiger partial charge on any atom is 0.416 e. The van der Waals surface area contributed by atoms with Crippen molar-refractivity contribution in [3.05, 3.63) is 52.8 Å². The molecule has 5 nitrogen and oxygen atoms in total. The molecule has 2 aromatic carbocycles. The number of hydrogen-bond acceptors (Lipinski definition) is 4. The van der Waals surface area contributed by atoms with Gasteiger partial charge in [-0.15, -0.1) is 0 Å². The molecular formula is C18H17F4N3O2. The lowest BCUT2D eigenvalue weighted by atomic mass is 10.0. The van der Waals surface area contributed by atoms with Crippen LogP contribution in [0.5, 0.6) is 0 Å². The number of amides is 1. The van der Waals surface area contributed by atoms with E-state index in [1.165, 1.54) is 18.2 Å².